The van der Waals surface area contributed by atoms with E-state index in [1.54, 1.807) is 0 Å². The van der Waals surface area contributed by atoms with Gasteiger partial charge >= 0.3 is 0 Å². The summed E-state index contributed by atoms with van der Waals surface area (Å²) >= 11 is 0. The molecule has 0 saturated carbocycles. The minimum absolute atomic E-state index is 0.213. The average Bonchev–Trinajstić information content (AvgIpc) is 3.22. The van der Waals surface area contributed by atoms with E-state index >= 15 is 0 Å². The average molecular weight is 405 g/mol. The second-order valence-electron chi connectivity index (χ2n) is 6.81. The van der Waals surface area contributed by atoms with Crippen LogP contribution in [0.2, 0.25) is 0 Å². The number of halogens is 4. The van der Waals surface area contributed by atoms with Gasteiger partial charge in [-0.25, -0.2) is 17.6 Å². The lowest BCUT2D eigenvalue weighted by molar-refractivity contribution is 0.0694. The third kappa shape index (κ3) is 3.85. The zero-order chi connectivity index (χ0) is 20.5. The van der Waals surface area contributed by atoms with Gasteiger partial charge in [0.1, 0.15) is 5.82 Å². The quantitative estimate of drug-likeness (QED) is 0.481. The summed E-state index contributed by atoms with van der Waals surface area (Å²) in [6, 6.07) is 6.99. The Hall–Kier alpha value is -3.23. The van der Waals surface area contributed by atoms with Crippen LogP contribution in [-0.4, -0.2) is 34.0 Å². The molecule has 0 aliphatic carbocycles. The van der Waals surface area contributed by atoms with E-state index in [0.717, 1.165) is 0 Å². The van der Waals surface area contributed by atoms with Crippen LogP contribution in [0.1, 0.15) is 35.0 Å². The highest BCUT2D eigenvalue weighted by molar-refractivity contribution is 5.94. The van der Waals surface area contributed by atoms with Crippen LogP contribution < -0.4 is 0 Å². The first-order valence-corrected chi connectivity index (χ1v) is 8.95. The van der Waals surface area contributed by atoms with Crippen LogP contribution in [-0.2, 0) is 0 Å². The molecule has 0 unspecified atom stereocenters. The molecule has 1 amide bonds. The van der Waals surface area contributed by atoms with Gasteiger partial charge in [0.25, 0.3) is 5.91 Å². The third-order valence-electron chi connectivity index (χ3n) is 4.83. The number of benzene rings is 2. The van der Waals surface area contributed by atoms with Gasteiger partial charge in [-0.15, -0.1) is 0 Å². The number of carbonyl (C=O) groups excluding carboxylic acids is 1. The molecule has 9 heteroatoms. The van der Waals surface area contributed by atoms with Crippen molar-refractivity contribution in [3.8, 4) is 11.4 Å². The van der Waals surface area contributed by atoms with E-state index in [-0.39, 0.29) is 23.8 Å². The van der Waals surface area contributed by atoms with Crippen LogP contribution in [0.3, 0.4) is 0 Å². The molecule has 2 aromatic carbocycles. The van der Waals surface area contributed by atoms with Crippen LogP contribution in [0.4, 0.5) is 17.6 Å². The van der Waals surface area contributed by atoms with Crippen molar-refractivity contribution in [2.45, 2.75) is 18.8 Å². The molecule has 0 N–H and O–H groups in total. The molecule has 1 fully saturated rings. The van der Waals surface area contributed by atoms with Crippen LogP contribution in [0.15, 0.2) is 40.9 Å². The first-order valence-electron chi connectivity index (χ1n) is 8.95. The minimum atomic E-state index is -1.61. The molecule has 4 rings (SSSR count). The van der Waals surface area contributed by atoms with Crippen molar-refractivity contribution in [1.29, 1.82) is 0 Å². The Bertz CT molecular complexity index is 1030. The predicted molar refractivity (Wildman–Crippen MR) is 93.9 cm³/mol. The maximum absolute atomic E-state index is 13.5. The topological polar surface area (TPSA) is 59.2 Å². The molecular weight excluding hydrogens is 390 g/mol. The predicted octanol–water partition coefficient (Wildman–Crippen LogP) is 4.31. The van der Waals surface area contributed by atoms with Gasteiger partial charge in [-0.2, -0.15) is 4.98 Å². The van der Waals surface area contributed by atoms with E-state index in [4.69, 9.17) is 4.52 Å². The molecule has 5 nitrogen and oxygen atoms in total. The highest BCUT2D eigenvalue weighted by atomic mass is 19.2. The third-order valence-corrected chi connectivity index (χ3v) is 4.83. The van der Waals surface area contributed by atoms with Crippen molar-refractivity contribution in [2.75, 3.05) is 13.1 Å². The first-order chi connectivity index (χ1) is 13.9. The largest absolute Gasteiger partial charge is 0.339 e. The molecule has 1 aliphatic rings. The highest BCUT2D eigenvalue weighted by Gasteiger charge is 2.30. The number of nitrogens with zero attached hydrogens (tertiary/aromatic N) is 3. The molecule has 1 saturated heterocycles. The zero-order valence-corrected chi connectivity index (χ0v) is 15.0. The smallest absolute Gasteiger partial charge is 0.254 e. The fourth-order valence-electron chi connectivity index (χ4n) is 3.34. The lowest BCUT2D eigenvalue weighted by atomic mass is 9.97. The first kappa shape index (κ1) is 19.1. The number of hydrogen-bond acceptors (Lipinski definition) is 4. The summed E-state index contributed by atoms with van der Waals surface area (Å²) in [5, 5.41) is 3.90. The summed E-state index contributed by atoms with van der Waals surface area (Å²) in [5.41, 5.74) is 0.321. The molecule has 0 spiro atoms. The minimum Gasteiger partial charge on any atom is -0.339 e. The standard InChI is InChI=1S/C20H15F4N3O2/c21-14-5-3-11(4-6-14)18-25-19(29-26-18)12-2-1-7-27(10-12)20(28)13-8-15(22)17(24)16(23)9-13/h3-6,8-9,12H,1-2,7,10H2/t12-/m0/s1. The molecule has 1 atom stereocenters. The van der Waals surface area contributed by atoms with Gasteiger partial charge in [0.2, 0.25) is 11.7 Å². The summed E-state index contributed by atoms with van der Waals surface area (Å²) in [5.74, 6) is -5.07. The molecule has 150 valence electrons. The second-order valence-corrected chi connectivity index (χ2v) is 6.81. The second kappa shape index (κ2) is 7.65. The Morgan fingerprint density at radius 2 is 1.76 bits per heavy atom. The van der Waals surface area contributed by atoms with E-state index in [1.807, 2.05) is 0 Å². The summed E-state index contributed by atoms with van der Waals surface area (Å²) in [6.45, 7) is 0.597. The lowest BCUT2D eigenvalue weighted by Crippen LogP contribution is -2.39. The Morgan fingerprint density at radius 3 is 2.45 bits per heavy atom. The summed E-state index contributed by atoms with van der Waals surface area (Å²) in [4.78, 5) is 18.4. The number of piperidine rings is 1. The van der Waals surface area contributed by atoms with E-state index in [9.17, 15) is 22.4 Å². The number of aromatic nitrogens is 2. The summed E-state index contributed by atoms with van der Waals surface area (Å²) in [6.07, 6.45) is 1.30. The van der Waals surface area contributed by atoms with Gasteiger partial charge in [-0.3, -0.25) is 4.79 Å². The van der Waals surface area contributed by atoms with Gasteiger partial charge in [0.05, 0.1) is 5.92 Å². The van der Waals surface area contributed by atoms with Crippen molar-refractivity contribution in [1.82, 2.24) is 15.0 Å². The SMILES string of the molecule is O=C(c1cc(F)c(F)c(F)c1)N1CCC[C@H](c2nc(-c3ccc(F)cc3)no2)C1. The van der Waals surface area contributed by atoms with Crippen LogP contribution in [0, 0.1) is 23.3 Å². The van der Waals surface area contributed by atoms with Crippen LogP contribution in [0.25, 0.3) is 11.4 Å². The zero-order valence-electron chi connectivity index (χ0n) is 15.0. The monoisotopic (exact) mass is 405 g/mol. The molecular formula is C20H15F4N3O2. The van der Waals surface area contributed by atoms with Crippen molar-refractivity contribution >= 4 is 5.91 Å². The van der Waals surface area contributed by atoms with Gasteiger partial charge in [0.15, 0.2) is 17.5 Å². The van der Waals surface area contributed by atoms with Crippen molar-refractivity contribution in [3.63, 3.8) is 0 Å². The number of carbonyl (C=O) groups is 1. The van der Waals surface area contributed by atoms with E-state index < -0.39 is 23.4 Å². The molecule has 2 heterocycles. The van der Waals surface area contributed by atoms with Crippen molar-refractivity contribution in [3.05, 3.63) is 71.1 Å². The number of amides is 1. The Morgan fingerprint density at radius 1 is 1.07 bits per heavy atom. The lowest BCUT2D eigenvalue weighted by Gasteiger charge is -2.31. The molecule has 0 bridgehead atoms. The fraction of sp³-hybridized carbons (Fsp3) is 0.250. The van der Waals surface area contributed by atoms with E-state index in [0.29, 0.717) is 48.8 Å². The number of hydrogen-bond donors (Lipinski definition) is 0. The van der Waals surface area contributed by atoms with Crippen molar-refractivity contribution < 1.29 is 26.9 Å². The van der Waals surface area contributed by atoms with E-state index in [2.05, 4.69) is 10.1 Å². The maximum atomic E-state index is 13.5. The summed E-state index contributed by atoms with van der Waals surface area (Å²) < 4.78 is 58.4. The van der Waals surface area contributed by atoms with Gasteiger partial charge in [-0.05, 0) is 49.2 Å². The van der Waals surface area contributed by atoms with Gasteiger partial charge < -0.3 is 9.42 Å². The highest BCUT2D eigenvalue weighted by Crippen LogP contribution is 2.29. The van der Waals surface area contributed by atoms with Crippen LogP contribution in [0.5, 0.6) is 0 Å². The van der Waals surface area contributed by atoms with Crippen LogP contribution >= 0.6 is 0 Å². The van der Waals surface area contributed by atoms with E-state index in [1.165, 1.54) is 29.2 Å². The Kier molecular flexibility index (Phi) is 5.04. The molecule has 1 aliphatic heterocycles. The molecule has 1 aromatic heterocycles. The number of likely N-dealkylation sites (tertiary alicyclic amines) is 1. The molecule has 0 radical (unpaired) electrons. The number of rotatable bonds is 3. The normalized spacial score (nSPS) is 16.8. The van der Waals surface area contributed by atoms with Crippen molar-refractivity contribution in [2.24, 2.45) is 0 Å². The van der Waals surface area contributed by atoms with Gasteiger partial charge in [-0.1, -0.05) is 5.16 Å². The fourth-order valence-corrected chi connectivity index (χ4v) is 3.34. The Labute approximate surface area is 162 Å². The molecule has 3 aromatic rings. The molecule has 29 heavy (non-hydrogen) atoms. The summed E-state index contributed by atoms with van der Waals surface area (Å²) in [7, 11) is 0. The maximum Gasteiger partial charge on any atom is 0.254 e. The van der Waals surface area contributed by atoms with Gasteiger partial charge in [0, 0.05) is 24.2 Å². The Balaban J connectivity index is 1.51.